The molecule has 154 valence electrons. The number of hydrogen-bond acceptors (Lipinski definition) is 6. The number of aromatic amines is 2. The molecule has 30 heavy (non-hydrogen) atoms. The second-order valence-corrected chi connectivity index (χ2v) is 8.82. The molecule has 0 bridgehead atoms. The molecule has 0 atom stereocenters. The van der Waals surface area contributed by atoms with Crippen LogP contribution in [-0.4, -0.2) is 31.4 Å². The summed E-state index contributed by atoms with van der Waals surface area (Å²) in [6.07, 6.45) is 4.35. The molecule has 0 spiro atoms. The predicted octanol–water partition coefficient (Wildman–Crippen LogP) is 3.12. The first-order chi connectivity index (χ1) is 14.6. The highest BCUT2D eigenvalue weighted by Gasteiger charge is 2.20. The van der Waals surface area contributed by atoms with E-state index in [1.54, 1.807) is 17.4 Å². The van der Waals surface area contributed by atoms with E-state index in [1.165, 1.54) is 16.9 Å². The molecule has 0 amide bonds. The maximum Gasteiger partial charge on any atom is 0.259 e. The fourth-order valence-corrected chi connectivity index (χ4v) is 5.48. The van der Waals surface area contributed by atoms with Crippen molar-refractivity contribution in [2.75, 3.05) is 6.54 Å². The molecular weight excluding hydrogens is 398 g/mol. The second-order valence-electron chi connectivity index (χ2n) is 7.74. The van der Waals surface area contributed by atoms with Crippen LogP contribution >= 0.6 is 11.3 Å². The highest BCUT2D eigenvalue weighted by molar-refractivity contribution is 7.18. The summed E-state index contributed by atoms with van der Waals surface area (Å²) in [7, 11) is 0. The number of para-hydroxylation sites is 1. The zero-order chi connectivity index (χ0) is 20.7. The predicted molar refractivity (Wildman–Crippen MR) is 119 cm³/mol. The summed E-state index contributed by atoms with van der Waals surface area (Å²) in [6, 6.07) is 7.32. The van der Waals surface area contributed by atoms with Crippen molar-refractivity contribution in [1.82, 2.24) is 24.8 Å². The normalized spacial score (nSPS) is 13.9. The van der Waals surface area contributed by atoms with Gasteiger partial charge >= 0.3 is 0 Å². The van der Waals surface area contributed by atoms with Gasteiger partial charge in [0.25, 0.3) is 11.1 Å². The van der Waals surface area contributed by atoms with Gasteiger partial charge in [-0.15, -0.1) is 11.3 Å². The number of aryl methyl sites for hydroxylation is 2. The third-order valence-corrected chi connectivity index (χ3v) is 6.92. The minimum absolute atomic E-state index is 0.0392. The molecule has 3 aromatic heterocycles. The van der Waals surface area contributed by atoms with Crippen LogP contribution < -0.4 is 11.1 Å². The minimum atomic E-state index is -0.135. The lowest BCUT2D eigenvalue weighted by atomic mass is 9.97. The molecule has 5 rings (SSSR count). The summed E-state index contributed by atoms with van der Waals surface area (Å²) in [5.41, 5.74) is 1.71. The summed E-state index contributed by atoms with van der Waals surface area (Å²) >= 11 is 1.66. The van der Waals surface area contributed by atoms with E-state index in [-0.39, 0.29) is 11.1 Å². The standard InChI is InChI=1S/C22H23N5O2S/c1-2-27(11-17-23-15-9-5-3-7-13(15)20(28)24-17)12-18-25-21(29)19-14-8-4-6-10-16(14)30-22(19)26-18/h3,5,7,9H,2,4,6,8,10-12H2,1H3,(H,23,24,28)(H,25,26,29). The lowest BCUT2D eigenvalue weighted by Crippen LogP contribution is -2.27. The van der Waals surface area contributed by atoms with E-state index < -0.39 is 0 Å². The highest BCUT2D eigenvalue weighted by atomic mass is 32.1. The maximum atomic E-state index is 12.8. The van der Waals surface area contributed by atoms with E-state index in [0.29, 0.717) is 35.6 Å². The first kappa shape index (κ1) is 19.1. The van der Waals surface area contributed by atoms with E-state index in [4.69, 9.17) is 4.98 Å². The first-order valence-corrected chi connectivity index (χ1v) is 11.2. The van der Waals surface area contributed by atoms with Crippen LogP contribution in [0.4, 0.5) is 0 Å². The molecular formula is C22H23N5O2S. The topological polar surface area (TPSA) is 94.7 Å². The molecule has 0 radical (unpaired) electrons. The summed E-state index contributed by atoms with van der Waals surface area (Å²) in [5.74, 6) is 1.26. The Morgan fingerprint density at radius 3 is 2.57 bits per heavy atom. The van der Waals surface area contributed by atoms with Crippen LogP contribution in [-0.2, 0) is 25.9 Å². The Balaban J connectivity index is 1.43. The molecule has 1 aliphatic rings. The summed E-state index contributed by atoms with van der Waals surface area (Å²) in [5, 5.41) is 1.37. The number of fused-ring (bicyclic) bond motifs is 4. The van der Waals surface area contributed by atoms with Crippen molar-refractivity contribution in [3.63, 3.8) is 0 Å². The molecule has 0 fully saturated rings. The number of rotatable bonds is 5. The molecule has 0 saturated carbocycles. The molecule has 8 heteroatoms. The fraction of sp³-hybridized carbons (Fsp3) is 0.364. The van der Waals surface area contributed by atoms with Crippen LogP contribution in [0.25, 0.3) is 21.1 Å². The number of benzene rings is 1. The van der Waals surface area contributed by atoms with Crippen LogP contribution in [0.1, 0.15) is 41.9 Å². The first-order valence-electron chi connectivity index (χ1n) is 10.4. The number of nitrogens with zero attached hydrogens (tertiary/aromatic N) is 3. The minimum Gasteiger partial charge on any atom is -0.309 e. The van der Waals surface area contributed by atoms with Gasteiger partial charge in [-0.2, -0.15) is 0 Å². The van der Waals surface area contributed by atoms with E-state index >= 15 is 0 Å². The quantitative estimate of drug-likeness (QED) is 0.516. The third kappa shape index (κ3) is 3.46. The van der Waals surface area contributed by atoms with Gasteiger partial charge in [0.1, 0.15) is 16.5 Å². The van der Waals surface area contributed by atoms with Crippen LogP contribution in [0, 0.1) is 0 Å². The fourth-order valence-electron chi connectivity index (χ4n) is 4.20. The molecule has 1 aromatic carbocycles. The molecule has 3 heterocycles. The van der Waals surface area contributed by atoms with Gasteiger partial charge in [0.05, 0.1) is 29.4 Å². The number of hydrogen-bond donors (Lipinski definition) is 2. The van der Waals surface area contributed by atoms with Crippen LogP contribution in [0.3, 0.4) is 0 Å². The lowest BCUT2D eigenvalue weighted by molar-refractivity contribution is 0.258. The lowest BCUT2D eigenvalue weighted by Gasteiger charge is -2.19. The number of thiophene rings is 1. The van der Waals surface area contributed by atoms with E-state index in [1.807, 2.05) is 25.1 Å². The third-order valence-electron chi connectivity index (χ3n) is 5.73. The van der Waals surface area contributed by atoms with E-state index in [9.17, 15) is 9.59 Å². The highest BCUT2D eigenvalue weighted by Crippen LogP contribution is 2.33. The number of nitrogens with one attached hydrogen (secondary N) is 2. The Hall–Kier alpha value is -2.84. The van der Waals surface area contributed by atoms with E-state index in [2.05, 4.69) is 19.9 Å². The zero-order valence-corrected chi connectivity index (χ0v) is 17.6. The van der Waals surface area contributed by atoms with Gasteiger partial charge in [-0.3, -0.25) is 14.5 Å². The van der Waals surface area contributed by atoms with E-state index in [0.717, 1.165) is 36.0 Å². The van der Waals surface area contributed by atoms with Crippen molar-refractivity contribution in [2.45, 2.75) is 45.7 Å². The van der Waals surface area contributed by atoms with Crippen molar-refractivity contribution in [3.8, 4) is 0 Å². The molecule has 0 unspecified atom stereocenters. The Labute approximate surface area is 176 Å². The van der Waals surface area contributed by atoms with Crippen molar-refractivity contribution in [1.29, 1.82) is 0 Å². The largest absolute Gasteiger partial charge is 0.309 e. The Kier molecular flexibility index (Phi) is 4.96. The van der Waals surface area contributed by atoms with Gasteiger partial charge in [-0.1, -0.05) is 19.1 Å². The summed E-state index contributed by atoms with van der Waals surface area (Å²) in [4.78, 5) is 44.6. The van der Waals surface area contributed by atoms with Gasteiger partial charge in [0.15, 0.2) is 0 Å². The Morgan fingerprint density at radius 1 is 1.00 bits per heavy atom. The number of aromatic nitrogens is 4. The average Bonchev–Trinajstić information content (AvgIpc) is 3.12. The smallest absolute Gasteiger partial charge is 0.259 e. The van der Waals surface area contributed by atoms with Crippen molar-refractivity contribution in [3.05, 3.63) is 67.1 Å². The Morgan fingerprint density at radius 2 is 1.73 bits per heavy atom. The summed E-state index contributed by atoms with van der Waals surface area (Å²) < 4.78 is 0. The SMILES string of the molecule is CCN(Cc1nc2ccccc2c(=O)[nH]1)Cc1nc2sc3c(c2c(=O)[nH]1)CCCC3. The second kappa shape index (κ2) is 7.77. The summed E-state index contributed by atoms with van der Waals surface area (Å²) in [6.45, 7) is 3.74. The average molecular weight is 422 g/mol. The Bertz CT molecular complexity index is 1350. The molecule has 1 aliphatic carbocycles. The van der Waals surface area contributed by atoms with Crippen LogP contribution in [0.2, 0.25) is 0 Å². The van der Waals surface area contributed by atoms with Gasteiger partial charge in [-0.25, -0.2) is 9.97 Å². The molecule has 7 nitrogen and oxygen atoms in total. The van der Waals surface area contributed by atoms with Crippen molar-refractivity contribution in [2.24, 2.45) is 0 Å². The molecule has 0 aliphatic heterocycles. The van der Waals surface area contributed by atoms with Crippen molar-refractivity contribution >= 4 is 32.5 Å². The number of H-pyrrole nitrogens is 2. The molecule has 4 aromatic rings. The van der Waals surface area contributed by atoms with Gasteiger partial charge in [0, 0.05) is 4.88 Å². The van der Waals surface area contributed by atoms with Crippen LogP contribution in [0.5, 0.6) is 0 Å². The van der Waals surface area contributed by atoms with Gasteiger partial charge in [0.2, 0.25) is 0 Å². The maximum absolute atomic E-state index is 12.8. The van der Waals surface area contributed by atoms with Gasteiger partial charge in [-0.05, 0) is 49.9 Å². The zero-order valence-electron chi connectivity index (χ0n) is 16.8. The van der Waals surface area contributed by atoms with Crippen LogP contribution in [0.15, 0.2) is 33.9 Å². The molecule has 2 N–H and O–H groups in total. The van der Waals surface area contributed by atoms with Gasteiger partial charge < -0.3 is 9.97 Å². The monoisotopic (exact) mass is 421 g/mol. The molecule has 0 saturated heterocycles. The van der Waals surface area contributed by atoms with Crippen molar-refractivity contribution < 1.29 is 0 Å².